The van der Waals surface area contributed by atoms with E-state index in [1.165, 1.54) is 51.4 Å². The molecule has 2 heterocycles. The zero-order chi connectivity index (χ0) is 19.2. The Kier molecular flexibility index (Phi) is 7.42. The molecule has 0 unspecified atom stereocenters. The molecule has 27 heavy (non-hydrogen) atoms. The molecule has 7 heteroatoms. The van der Waals surface area contributed by atoms with Crippen LogP contribution in [0.2, 0.25) is 0 Å². The number of sulfone groups is 1. The molecule has 0 radical (unpaired) electrons. The maximum Gasteiger partial charge on any atom is 0.193 e. The molecule has 3 aliphatic rings. The van der Waals surface area contributed by atoms with Crippen LogP contribution in [-0.4, -0.2) is 81.5 Å². The average molecular weight is 399 g/mol. The van der Waals surface area contributed by atoms with Crippen molar-refractivity contribution in [3.05, 3.63) is 0 Å². The van der Waals surface area contributed by atoms with Crippen LogP contribution in [0, 0.1) is 5.41 Å². The van der Waals surface area contributed by atoms with Crippen LogP contribution in [0.3, 0.4) is 0 Å². The molecule has 1 saturated carbocycles. The molecule has 0 aromatic carbocycles. The molecular weight excluding hydrogens is 360 g/mol. The first-order valence-electron chi connectivity index (χ1n) is 11.0. The van der Waals surface area contributed by atoms with Crippen molar-refractivity contribution in [2.45, 2.75) is 58.3 Å². The Morgan fingerprint density at radius 2 is 1.67 bits per heavy atom. The Morgan fingerprint density at radius 3 is 2.33 bits per heavy atom. The third-order valence-electron chi connectivity index (χ3n) is 6.57. The minimum Gasteiger partial charge on any atom is -0.357 e. The van der Waals surface area contributed by atoms with Crippen molar-refractivity contribution < 1.29 is 8.42 Å². The number of nitrogens with zero attached hydrogens (tertiary/aromatic N) is 3. The number of aliphatic imine (C=N–C) groups is 1. The van der Waals surface area contributed by atoms with Gasteiger partial charge in [-0.25, -0.2) is 8.42 Å². The quantitative estimate of drug-likeness (QED) is 0.580. The lowest BCUT2D eigenvalue weighted by atomic mass is 9.74. The second kappa shape index (κ2) is 9.59. The third kappa shape index (κ3) is 6.08. The van der Waals surface area contributed by atoms with E-state index in [9.17, 15) is 8.42 Å². The molecule has 1 aliphatic carbocycles. The summed E-state index contributed by atoms with van der Waals surface area (Å²) in [6, 6.07) is 0. The van der Waals surface area contributed by atoms with Crippen LogP contribution in [0.5, 0.6) is 0 Å². The van der Waals surface area contributed by atoms with E-state index in [0.29, 0.717) is 30.0 Å². The van der Waals surface area contributed by atoms with E-state index in [-0.39, 0.29) is 0 Å². The highest BCUT2D eigenvalue weighted by Crippen LogP contribution is 2.42. The van der Waals surface area contributed by atoms with Gasteiger partial charge in [0.1, 0.15) is 0 Å². The molecule has 0 atom stereocenters. The number of guanidine groups is 1. The van der Waals surface area contributed by atoms with Crippen LogP contribution in [0.1, 0.15) is 58.3 Å². The van der Waals surface area contributed by atoms with Gasteiger partial charge in [0.25, 0.3) is 0 Å². The van der Waals surface area contributed by atoms with Crippen LogP contribution in [0.15, 0.2) is 4.99 Å². The number of rotatable bonds is 4. The largest absolute Gasteiger partial charge is 0.357 e. The second-order valence-electron chi connectivity index (χ2n) is 8.67. The van der Waals surface area contributed by atoms with Crippen molar-refractivity contribution in [2.24, 2.45) is 10.4 Å². The summed E-state index contributed by atoms with van der Waals surface area (Å²) < 4.78 is 23.1. The van der Waals surface area contributed by atoms with Gasteiger partial charge < -0.3 is 10.2 Å². The Labute approximate surface area is 165 Å². The first kappa shape index (κ1) is 20.9. The number of piperidine rings is 1. The Morgan fingerprint density at radius 1 is 1.00 bits per heavy atom. The lowest BCUT2D eigenvalue weighted by Gasteiger charge is -2.44. The summed E-state index contributed by atoms with van der Waals surface area (Å²) in [7, 11) is -2.80. The number of likely N-dealkylation sites (tertiary alicyclic amines) is 1. The zero-order valence-corrected chi connectivity index (χ0v) is 17.9. The molecule has 0 bridgehead atoms. The normalized spacial score (nSPS) is 26.7. The maximum absolute atomic E-state index is 11.6. The summed E-state index contributed by atoms with van der Waals surface area (Å²) in [4.78, 5) is 9.64. The van der Waals surface area contributed by atoms with Gasteiger partial charge >= 0.3 is 0 Å². The first-order chi connectivity index (χ1) is 13.0. The highest BCUT2D eigenvalue weighted by Gasteiger charge is 2.36. The molecule has 0 amide bonds. The summed E-state index contributed by atoms with van der Waals surface area (Å²) in [6.45, 7) is 8.19. The predicted octanol–water partition coefficient (Wildman–Crippen LogP) is 2.12. The molecule has 0 aromatic rings. The molecule has 3 rings (SSSR count). The Hall–Kier alpha value is -0.820. The summed E-state index contributed by atoms with van der Waals surface area (Å²) in [5, 5.41) is 3.50. The average Bonchev–Trinajstić information content (AvgIpc) is 2.88. The summed E-state index contributed by atoms with van der Waals surface area (Å²) >= 11 is 0. The van der Waals surface area contributed by atoms with Crippen molar-refractivity contribution in [3.63, 3.8) is 0 Å². The number of nitrogens with one attached hydrogen (secondary N) is 1. The minimum atomic E-state index is -2.80. The highest BCUT2D eigenvalue weighted by molar-refractivity contribution is 7.91. The molecule has 2 saturated heterocycles. The standard InChI is InChI=1S/C20H38N4O2S/c1-2-21-19(22-11-13-23-14-16-27(25,26)17-15-23)24-12-7-10-20(18-24)8-5-3-4-6-9-20/h2-18H2,1H3,(H,21,22). The fraction of sp³-hybridized carbons (Fsp3) is 0.950. The minimum absolute atomic E-state index is 0.297. The van der Waals surface area contributed by atoms with Gasteiger partial charge in [-0.1, -0.05) is 25.7 Å². The second-order valence-corrected chi connectivity index (χ2v) is 11.0. The first-order valence-corrected chi connectivity index (χ1v) is 12.8. The van der Waals surface area contributed by atoms with E-state index in [4.69, 9.17) is 4.99 Å². The van der Waals surface area contributed by atoms with Crippen molar-refractivity contribution in [1.29, 1.82) is 0 Å². The van der Waals surface area contributed by atoms with E-state index >= 15 is 0 Å². The van der Waals surface area contributed by atoms with E-state index < -0.39 is 9.84 Å². The monoisotopic (exact) mass is 398 g/mol. The molecular formula is C20H38N4O2S. The van der Waals surface area contributed by atoms with Gasteiger partial charge in [0.2, 0.25) is 0 Å². The van der Waals surface area contributed by atoms with Crippen LogP contribution in [0.25, 0.3) is 0 Å². The SMILES string of the molecule is CCNC(=NCCN1CCS(=O)(=O)CC1)N1CCCC2(CCCCCC2)C1. The van der Waals surface area contributed by atoms with Gasteiger partial charge in [0.05, 0.1) is 18.1 Å². The molecule has 1 N–H and O–H groups in total. The topological polar surface area (TPSA) is 65.0 Å². The predicted molar refractivity (Wildman–Crippen MR) is 112 cm³/mol. The third-order valence-corrected chi connectivity index (χ3v) is 8.18. The van der Waals surface area contributed by atoms with Gasteiger partial charge in [0.15, 0.2) is 15.8 Å². The molecule has 2 aliphatic heterocycles. The van der Waals surface area contributed by atoms with E-state index in [1.54, 1.807) is 0 Å². The van der Waals surface area contributed by atoms with E-state index in [1.807, 2.05) is 0 Å². The van der Waals surface area contributed by atoms with Gasteiger partial charge in [-0.3, -0.25) is 9.89 Å². The summed E-state index contributed by atoms with van der Waals surface area (Å²) in [6.07, 6.45) is 11.0. The smallest absolute Gasteiger partial charge is 0.193 e. The van der Waals surface area contributed by atoms with Crippen LogP contribution >= 0.6 is 0 Å². The lowest BCUT2D eigenvalue weighted by Crippen LogP contribution is -2.50. The van der Waals surface area contributed by atoms with Crippen LogP contribution < -0.4 is 5.32 Å². The molecule has 6 nitrogen and oxygen atoms in total. The maximum atomic E-state index is 11.6. The Bertz CT molecular complexity index is 583. The van der Waals surface area contributed by atoms with Crippen molar-refractivity contribution >= 4 is 15.8 Å². The Balaban J connectivity index is 1.56. The van der Waals surface area contributed by atoms with Crippen LogP contribution in [-0.2, 0) is 9.84 Å². The van der Waals surface area contributed by atoms with Gasteiger partial charge in [0, 0.05) is 39.3 Å². The lowest BCUT2D eigenvalue weighted by molar-refractivity contribution is 0.115. The fourth-order valence-corrected chi connectivity index (χ4v) is 6.25. The van der Waals surface area contributed by atoms with Gasteiger partial charge in [-0.15, -0.1) is 0 Å². The molecule has 1 spiro atoms. The molecule has 0 aromatic heterocycles. The van der Waals surface area contributed by atoms with Gasteiger partial charge in [-0.2, -0.15) is 0 Å². The van der Waals surface area contributed by atoms with Crippen molar-refractivity contribution in [2.75, 3.05) is 57.3 Å². The van der Waals surface area contributed by atoms with Gasteiger partial charge in [-0.05, 0) is 38.0 Å². The fourth-order valence-electron chi connectivity index (χ4n) is 4.97. The summed E-state index contributed by atoms with van der Waals surface area (Å²) in [5.41, 5.74) is 0.506. The molecule has 156 valence electrons. The zero-order valence-electron chi connectivity index (χ0n) is 17.1. The van der Waals surface area contributed by atoms with E-state index in [2.05, 4.69) is 22.0 Å². The van der Waals surface area contributed by atoms with Crippen molar-refractivity contribution in [3.8, 4) is 0 Å². The highest BCUT2D eigenvalue weighted by atomic mass is 32.2. The summed E-state index contributed by atoms with van der Waals surface area (Å²) in [5.74, 6) is 1.65. The van der Waals surface area contributed by atoms with E-state index in [0.717, 1.165) is 38.7 Å². The number of hydrogen-bond acceptors (Lipinski definition) is 4. The van der Waals surface area contributed by atoms with Crippen LogP contribution in [0.4, 0.5) is 0 Å². The number of hydrogen-bond donors (Lipinski definition) is 1. The van der Waals surface area contributed by atoms with Crippen molar-refractivity contribution in [1.82, 2.24) is 15.1 Å². The molecule has 3 fully saturated rings.